The average Bonchev–Trinajstić information content (AvgIpc) is 3.50. The van der Waals surface area contributed by atoms with Gasteiger partial charge >= 0.3 is 0 Å². The molecule has 2 aromatic carbocycles. The van der Waals surface area contributed by atoms with Gasteiger partial charge < -0.3 is 15.7 Å². The summed E-state index contributed by atoms with van der Waals surface area (Å²) in [7, 11) is 0. The molecule has 1 saturated heterocycles. The molecule has 10 heteroatoms. The summed E-state index contributed by atoms with van der Waals surface area (Å²) in [6.45, 7) is 1.37. The van der Waals surface area contributed by atoms with Crippen molar-refractivity contribution < 1.29 is 18.7 Å². The summed E-state index contributed by atoms with van der Waals surface area (Å²) in [5, 5.41) is 24.9. The fraction of sp³-hybridized carbons (Fsp3) is 0.345. The molecule has 0 radical (unpaired) electrons. The largest absolute Gasteiger partial charge is 0.388 e. The van der Waals surface area contributed by atoms with Crippen molar-refractivity contribution in [3.05, 3.63) is 64.7 Å². The first-order chi connectivity index (χ1) is 18.7. The zero-order valence-corrected chi connectivity index (χ0v) is 22.0. The monoisotopic (exact) mass is 547 g/mol. The number of hydrogen-bond donors (Lipinski definition) is 2. The summed E-state index contributed by atoms with van der Waals surface area (Å²) in [6.07, 6.45) is 5.83. The van der Waals surface area contributed by atoms with Crippen molar-refractivity contribution in [2.75, 3.05) is 13.1 Å². The van der Waals surface area contributed by atoms with Crippen molar-refractivity contribution in [1.29, 1.82) is 5.26 Å². The van der Waals surface area contributed by atoms with Gasteiger partial charge in [0.2, 0.25) is 0 Å². The first kappa shape index (κ1) is 25.6. The number of nitrogens with two attached hydrogens (primary N) is 1. The van der Waals surface area contributed by atoms with Crippen LogP contribution in [0.4, 0.5) is 8.78 Å². The molecular formula is C29H27F2N5O2S. The third kappa shape index (κ3) is 4.82. The Labute approximate surface area is 228 Å². The van der Waals surface area contributed by atoms with Gasteiger partial charge in [-0.2, -0.15) is 10.4 Å². The third-order valence-electron chi connectivity index (χ3n) is 7.71. The van der Waals surface area contributed by atoms with Crippen LogP contribution >= 0.6 is 11.3 Å². The molecule has 0 spiro atoms. The van der Waals surface area contributed by atoms with E-state index >= 15 is 4.39 Å². The Morgan fingerprint density at radius 2 is 2.00 bits per heavy atom. The molecule has 1 aliphatic heterocycles. The molecule has 2 fully saturated rings. The van der Waals surface area contributed by atoms with E-state index in [1.807, 2.05) is 6.07 Å². The zero-order chi connectivity index (χ0) is 27.3. The molecule has 1 aliphatic carbocycles. The van der Waals surface area contributed by atoms with E-state index in [-0.39, 0.29) is 23.1 Å². The van der Waals surface area contributed by atoms with Gasteiger partial charge in [0.25, 0.3) is 5.91 Å². The Bertz CT molecular complexity index is 1630. The highest BCUT2D eigenvalue weighted by Gasteiger charge is 2.35. The number of nitrogens with zero attached hydrogens (tertiary/aromatic N) is 4. The van der Waals surface area contributed by atoms with E-state index in [4.69, 9.17) is 11.0 Å². The SMILES string of the molecule is N#Cc1ccc(-c2cc(C(=O)N3CCCC(N)C3)sc2-c2cc3cn(CC4(O)CCC4)nc3cc2F)cc1F. The number of aromatic nitrogens is 2. The quantitative estimate of drug-likeness (QED) is 0.363. The van der Waals surface area contributed by atoms with Crippen molar-refractivity contribution in [2.24, 2.45) is 5.73 Å². The molecule has 3 heterocycles. The number of carbonyl (C=O) groups is 1. The highest BCUT2D eigenvalue weighted by atomic mass is 32.1. The van der Waals surface area contributed by atoms with Gasteiger partial charge in [-0.05, 0) is 61.9 Å². The number of nitriles is 1. The lowest BCUT2D eigenvalue weighted by Gasteiger charge is -2.36. The standard InChI is InChI=1S/C29H27F2N5O2S/c30-23-10-17(4-5-18(23)13-32)21-11-26(28(37)35-8-1-3-20(33)15-35)39-27(21)22-9-19-14-36(16-29(38)6-2-7-29)34-25(19)12-24(22)31/h4-5,9-12,14,20,38H,1-3,6-8,15-16,33H2. The Balaban J connectivity index is 1.44. The van der Waals surface area contributed by atoms with Crippen molar-refractivity contribution >= 4 is 28.1 Å². The summed E-state index contributed by atoms with van der Waals surface area (Å²) in [5.41, 5.74) is 6.89. The van der Waals surface area contributed by atoms with Crippen molar-refractivity contribution in [2.45, 2.75) is 50.3 Å². The number of likely N-dealkylation sites (tertiary alicyclic amines) is 1. The lowest BCUT2D eigenvalue weighted by Crippen LogP contribution is -2.45. The maximum absolute atomic E-state index is 15.6. The van der Waals surface area contributed by atoms with Gasteiger partial charge in [0, 0.05) is 52.8 Å². The molecule has 2 aromatic heterocycles. The minimum Gasteiger partial charge on any atom is -0.388 e. The molecular weight excluding hydrogens is 520 g/mol. The first-order valence-corrected chi connectivity index (χ1v) is 13.8. The topological polar surface area (TPSA) is 108 Å². The summed E-state index contributed by atoms with van der Waals surface area (Å²) in [4.78, 5) is 16.0. The van der Waals surface area contributed by atoms with Crippen LogP contribution < -0.4 is 5.73 Å². The Hall–Kier alpha value is -3.65. The van der Waals surface area contributed by atoms with Gasteiger partial charge in [0.1, 0.15) is 17.7 Å². The highest BCUT2D eigenvalue weighted by Crippen LogP contribution is 2.42. The molecule has 2 aliphatic rings. The molecule has 1 unspecified atom stereocenters. The minimum atomic E-state index is -0.781. The lowest BCUT2D eigenvalue weighted by atomic mass is 9.80. The van der Waals surface area contributed by atoms with Gasteiger partial charge in [0.05, 0.1) is 28.1 Å². The van der Waals surface area contributed by atoms with Gasteiger partial charge in [-0.15, -0.1) is 11.3 Å². The first-order valence-electron chi connectivity index (χ1n) is 13.0. The molecule has 0 bridgehead atoms. The van der Waals surface area contributed by atoms with Crippen LogP contribution in [0.1, 0.15) is 47.3 Å². The Morgan fingerprint density at radius 1 is 1.18 bits per heavy atom. The number of aliphatic hydroxyl groups is 1. The van der Waals surface area contributed by atoms with Gasteiger partial charge in [-0.25, -0.2) is 8.78 Å². The smallest absolute Gasteiger partial charge is 0.264 e. The van der Waals surface area contributed by atoms with E-state index in [9.17, 15) is 14.3 Å². The van der Waals surface area contributed by atoms with Gasteiger partial charge in [-0.1, -0.05) is 6.07 Å². The predicted molar refractivity (Wildman–Crippen MR) is 145 cm³/mol. The molecule has 39 heavy (non-hydrogen) atoms. The van der Waals surface area contributed by atoms with Crippen LogP contribution in [0.5, 0.6) is 0 Å². The number of benzene rings is 2. The normalized spacial score (nSPS) is 18.6. The molecule has 200 valence electrons. The number of amides is 1. The maximum Gasteiger partial charge on any atom is 0.264 e. The van der Waals surface area contributed by atoms with E-state index in [0.29, 0.717) is 64.3 Å². The van der Waals surface area contributed by atoms with E-state index in [1.54, 1.807) is 34.0 Å². The predicted octanol–water partition coefficient (Wildman–Crippen LogP) is 5.06. The molecule has 1 atom stereocenters. The number of carbonyl (C=O) groups excluding carboxylic acids is 1. The average molecular weight is 548 g/mol. The van der Waals surface area contributed by atoms with E-state index < -0.39 is 17.2 Å². The summed E-state index contributed by atoms with van der Waals surface area (Å²) in [6, 6.07) is 10.6. The second-order valence-corrected chi connectivity index (χ2v) is 11.7. The van der Waals surface area contributed by atoms with Crippen LogP contribution in [0.2, 0.25) is 0 Å². The van der Waals surface area contributed by atoms with Crippen molar-refractivity contribution in [3.63, 3.8) is 0 Å². The van der Waals surface area contributed by atoms with Crippen LogP contribution in [0.25, 0.3) is 32.5 Å². The van der Waals surface area contributed by atoms with E-state index in [2.05, 4.69) is 5.10 Å². The second-order valence-electron chi connectivity index (χ2n) is 10.6. The number of piperidine rings is 1. The summed E-state index contributed by atoms with van der Waals surface area (Å²) >= 11 is 1.15. The van der Waals surface area contributed by atoms with E-state index in [1.165, 1.54) is 18.2 Å². The number of hydrogen-bond acceptors (Lipinski definition) is 6. The molecule has 6 rings (SSSR count). The minimum absolute atomic E-state index is 0.0939. The molecule has 1 amide bonds. The van der Waals surface area contributed by atoms with Gasteiger partial charge in [0.15, 0.2) is 0 Å². The van der Waals surface area contributed by atoms with Crippen LogP contribution in [0.15, 0.2) is 42.6 Å². The van der Waals surface area contributed by atoms with Crippen molar-refractivity contribution in [3.8, 4) is 27.6 Å². The zero-order valence-electron chi connectivity index (χ0n) is 21.2. The Morgan fingerprint density at radius 3 is 2.69 bits per heavy atom. The Kier molecular flexibility index (Phi) is 6.46. The van der Waals surface area contributed by atoms with Crippen LogP contribution in [0, 0.1) is 23.0 Å². The molecule has 1 saturated carbocycles. The number of rotatable bonds is 5. The fourth-order valence-corrected chi connectivity index (χ4v) is 6.60. The maximum atomic E-state index is 15.6. The van der Waals surface area contributed by atoms with Crippen LogP contribution in [-0.2, 0) is 6.54 Å². The number of thiophene rings is 1. The molecule has 7 nitrogen and oxygen atoms in total. The van der Waals surface area contributed by atoms with Gasteiger partial charge in [-0.3, -0.25) is 9.48 Å². The highest BCUT2D eigenvalue weighted by molar-refractivity contribution is 7.18. The third-order valence-corrected chi connectivity index (χ3v) is 8.87. The second kappa shape index (κ2) is 9.83. The summed E-state index contributed by atoms with van der Waals surface area (Å²) < 4.78 is 31.9. The summed E-state index contributed by atoms with van der Waals surface area (Å²) in [5.74, 6) is -1.40. The number of fused-ring (bicyclic) bond motifs is 1. The van der Waals surface area contributed by atoms with Crippen LogP contribution in [-0.4, -0.2) is 50.4 Å². The number of halogens is 2. The lowest BCUT2D eigenvalue weighted by molar-refractivity contribution is -0.0496. The molecule has 3 N–H and O–H groups in total. The van der Waals surface area contributed by atoms with Crippen molar-refractivity contribution in [1.82, 2.24) is 14.7 Å². The fourth-order valence-electron chi connectivity index (χ4n) is 5.43. The molecule has 4 aromatic rings. The van der Waals surface area contributed by atoms with Crippen LogP contribution in [0.3, 0.4) is 0 Å². The van der Waals surface area contributed by atoms with E-state index in [0.717, 1.165) is 30.6 Å².